The molecule has 0 aliphatic carbocycles. The molecule has 1 aromatic heterocycles. The lowest BCUT2D eigenvalue weighted by Crippen LogP contribution is -1.95. The van der Waals surface area contributed by atoms with Crippen molar-refractivity contribution in [1.82, 2.24) is 4.98 Å². The van der Waals surface area contributed by atoms with Crippen LogP contribution in [0.15, 0.2) is 6.07 Å². The second-order valence-electron chi connectivity index (χ2n) is 2.53. The van der Waals surface area contributed by atoms with Gasteiger partial charge in [0.25, 0.3) is 6.43 Å². The fourth-order valence-electron chi connectivity index (χ4n) is 0.936. The lowest BCUT2D eigenvalue weighted by Gasteiger charge is -2.05. The number of aromatic nitrogens is 1. The van der Waals surface area contributed by atoms with Gasteiger partial charge in [-0.15, -0.1) is 0 Å². The molecule has 1 rings (SSSR count). The topological polar surface area (TPSA) is 12.9 Å². The Balaban J connectivity index is 3.23. The van der Waals surface area contributed by atoms with Gasteiger partial charge in [0, 0.05) is 11.3 Å². The zero-order chi connectivity index (χ0) is 9.30. The highest BCUT2D eigenvalue weighted by molar-refractivity contribution is 6.31. The molecule has 4 heteroatoms. The summed E-state index contributed by atoms with van der Waals surface area (Å²) < 4.78 is 24.5. The third-order valence-corrected chi connectivity index (χ3v) is 2.00. The summed E-state index contributed by atoms with van der Waals surface area (Å²) >= 11 is 5.63. The molecule has 0 fully saturated rings. The van der Waals surface area contributed by atoms with Gasteiger partial charge < -0.3 is 0 Å². The SMILES string of the molecule is Cc1nc(C)c(C(F)F)cc1Cl. The van der Waals surface area contributed by atoms with Crippen LogP contribution in [-0.2, 0) is 0 Å². The molecule has 0 aliphatic rings. The first kappa shape index (κ1) is 9.39. The van der Waals surface area contributed by atoms with E-state index in [0.717, 1.165) is 0 Å². The van der Waals surface area contributed by atoms with Crippen molar-refractivity contribution in [3.63, 3.8) is 0 Å². The highest BCUT2D eigenvalue weighted by Gasteiger charge is 2.13. The Kier molecular flexibility index (Phi) is 2.62. The fraction of sp³-hybridized carbons (Fsp3) is 0.375. The molecule has 0 radical (unpaired) electrons. The van der Waals surface area contributed by atoms with Crippen molar-refractivity contribution < 1.29 is 8.78 Å². The lowest BCUT2D eigenvalue weighted by atomic mass is 10.2. The summed E-state index contributed by atoms with van der Waals surface area (Å²) in [6.45, 7) is 3.23. The first-order chi connectivity index (χ1) is 5.52. The van der Waals surface area contributed by atoms with Gasteiger partial charge >= 0.3 is 0 Å². The molecular weight excluding hydrogens is 184 g/mol. The minimum Gasteiger partial charge on any atom is -0.256 e. The van der Waals surface area contributed by atoms with E-state index in [-0.39, 0.29) is 10.6 Å². The number of pyridine rings is 1. The van der Waals surface area contributed by atoms with E-state index in [0.29, 0.717) is 11.4 Å². The molecule has 0 aromatic carbocycles. The van der Waals surface area contributed by atoms with E-state index in [2.05, 4.69) is 4.98 Å². The van der Waals surface area contributed by atoms with Gasteiger partial charge in [-0.25, -0.2) is 8.78 Å². The van der Waals surface area contributed by atoms with E-state index >= 15 is 0 Å². The molecule has 0 saturated carbocycles. The largest absolute Gasteiger partial charge is 0.265 e. The van der Waals surface area contributed by atoms with Crippen molar-refractivity contribution in [3.05, 3.63) is 28.0 Å². The molecule has 1 heterocycles. The first-order valence-electron chi connectivity index (χ1n) is 3.44. The number of halogens is 3. The Bertz CT molecular complexity index is 299. The van der Waals surface area contributed by atoms with Gasteiger partial charge in [-0.2, -0.15) is 0 Å². The van der Waals surface area contributed by atoms with Crippen LogP contribution in [0.2, 0.25) is 5.02 Å². The van der Waals surface area contributed by atoms with E-state index < -0.39 is 6.43 Å². The van der Waals surface area contributed by atoms with Gasteiger partial charge in [0.05, 0.1) is 10.7 Å². The Labute approximate surface area is 74.4 Å². The van der Waals surface area contributed by atoms with Crippen LogP contribution in [0.4, 0.5) is 8.78 Å². The van der Waals surface area contributed by atoms with Crippen molar-refractivity contribution in [2.45, 2.75) is 20.3 Å². The molecule has 1 nitrogen and oxygen atoms in total. The molecule has 0 amide bonds. The summed E-state index contributed by atoms with van der Waals surface area (Å²) in [4.78, 5) is 3.88. The Morgan fingerprint density at radius 1 is 1.33 bits per heavy atom. The average molecular weight is 192 g/mol. The highest BCUT2D eigenvalue weighted by Crippen LogP contribution is 2.25. The number of rotatable bonds is 1. The molecule has 0 N–H and O–H groups in total. The Morgan fingerprint density at radius 2 is 1.92 bits per heavy atom. The van der Waals surface area contributed by atoms with Crippen LogP contribution in [0.3, 0.4) is 0 Å². The van der Waals surface area contributed by atoms with E-state index in [1.807, 2.05) is 0 Å². The van der Waals surface area contributed by atoms with Crippen LogP contribution in [0.5, 0.6) is 0 Å². The van der Waals surface area contributed by atoms with Crippen molar-refractivity contribution in [3.8, 4) is 0 Å². The minimum absolute atomic E-state index is 0.0920. The quantitative estimate of drug-likeness (QED) is 0.664. The standard InChI is InChI=1S/C8H8ClF2N/c1-4-6(8(10)11)3-7(9)5(2)12-4/h3,8H,1-2H3. The minimum atomic E-state index is -2.50. The van der Waals surface area contributed by atoms with Crippen molar-refractivity contribution >= 4 is 11.6 Å². The third-order valence-electron chi connectivity index (χ3n) is 1.62. The molecule has 0 atom stereocenters. The number of aryl methyl sites for hydroxylation is 2. The monoisotopic (exact) mass is 191 g/mol. The third kappa shape index (κ3) is 1.72. The highest BCUT2D eigenvalue weighted by atomic mass is 35.5. The number of hydrogen-bond acceptors (Lipinski definition) is 1. The fourth-order valence-corrected chi connectivity index (χ4v) is 1.10. The summed E-state index contributed by atoms with van der Waals surface area (Å²) in [5.41, 5.74) is 0.830. The van der Waals surface area contributed by atoms with Crippen LogP contribution in [0, 0.1) is 13.8 Å². The number of hydrogen-bond donors (Lipinski definition) is 0. The molecular formula is C8H8ClF2N. The predicted octanol–water partition coefficient (Wildman–Crippen LogP) is 3.29. The summed E-state index contributed by atoms with van der Waals surface area (Å²) in [7, 11) is 0. The first-order valence-corrected chi connectivity index (χ1v) is 3.82. The molecule has 0 saturated heterocycles. The van der Waals surface area contributed by atoms with Gasteiger partial charge in [-0.3, -0.25) is 4.98 Å². The molecule has 66 valence electrons. The maximum Gasteiger partial charge on any atom is 0.265 e. The molecule has 0 bridgehead atoms. The summed E-state index contributed by atoms with van der Waals surface area (Å²) in [6.07, 6.45) is -2.50. The van der Waals surface area contributed by atoms with Crippen molar-refractivity contribution in [2.75, 3.05) is 0 Å². The molecule has 12 heavy (non-hydrogen) atoms. The molecule has 0 spiro atoms. The van der Waals surface area contributed by atoms with Crippen LogP contribution in [0.1, 0.15) is 23.4 Å². The number of alkyl halides is 2. The number of nitrogens with zero attached hydrogens (tertiary/aromatic N) is 1. The summed E-state index contributed by atoms with van der Waals surface area (Å²) in [6, 6.07) is 1.27. The predicted molar refractivity (Wildman–Crippen MR) is 43.7 cm³/mol. The van der Waals surface area contributed by atoms with Gasteiger partial charge in [0.1, 0.15) is 0 Å². The summed E-state index contributed by atoms with van der Waals surface area (Å²) in [5, 5.41) is 0.288. The maximum absolute atomic E-state index is 12.2. The lowest BCUT2D eigenvalue weighted by molar-refractivity contribution is 0.150. The van der Waals surface area contributed by atoms with Crippen molar-refractivity contribution in [2.24, 2.45) is 0 Å². The van der Waals surface area contributed by atoms with Crippen LogP contribution < -0.4 is 0 Å². The van der Waals surface area contributed by atoms with Gasteiger partial charge in [0.2, 0.25) is 0 Å². The zero-order valence-electron chi connectivity index (χ0n) is 6.74. The normalized spacial score (nSPS) is 10.8. The van der Waals surface area contributed by atoms with E-state index in [1.165, 1.54) is 6.07 Å². The Morgan fingerprint density at radius 3 is 2.42 bits per heavy atom. The van der Waals surface area contributed by atoms with Crippen molar-refractivity contribution in [1.29, 1.82) is 0 Å². The van der Waals surface area contributed by atoms with Crippen LogP contribution in [0.25, 0.3) is 0 Å². The van der Waals surface area contributed by atoms with E-state index in [4.69, 9.17) is 11.6 Å². The van der Waals surface area contributed by atoms with Gasteiger partial charge in [-0.05, 0) is 19.9 Å². The van der Waals surface area contributed by atoms with E-state index in [9.17, 15) is 8.78 Å². The summed E-state index contributed by atoms with van der Waals surface area (Å²) in [5.74, 6) is 0. The van der Waals surface area contributed by atoms with Gasteiger partial charge in [-0.1, -0.05) is 11.6 Å². The average Bonchev–Trinajstić information content (AvgIpc) is 1.96. The van der Waals surface area contributed by atoms with Crippen LogP contribution >= 0.6 is 11.6 Å². The zero-order valence-corrected chi connectivity index (χ0v) is 7.49. The Hall–Kier alpha value is -0.700. The molecule has 0 aliphatic heterocycles. The second-order valence-corrected chi connectivity index (χ2v) is 2.94. The second kappa shape index (κ2) is 3.35. The smallest absolute Gasteiger partial charge is 0.256 e. The van der Waals surface area contributed by atoms with Gasteiger partial charge in [0.15, 0.2) is 0 Å². The molecule has 0 unspecified atom stereocenters. The maximum atomic E-state index is 12.2. The van der Waals surface area contributed by atoms with Crippen LogP contribution in [-0.4, -0.2) is 4.98 Å². The molecule has 1 aromatic rings. The van der Waals surface area contributed by atoms with E-state index in [1.54, 1.807) is 13.8 Å².